The van der Waals surface area contributed by atoms with Crippen molar-refractivity contribution in [1.29, 1.82) is 0 Å². The maximum Gasteiger partial charge on any atom is 0.457 e. The Balaban J connectivity index is 6.08. The average Bonchev–Trinajstić information content (AvgIpc) is 2.12. The van der Waals surface area contributed by atoms with E-state index in [0.29, 0.717) is 0 Å². The highest BCUT2D eigenvalue weighted by molar-refractivity contribution is 5.13. The van der Waals surface area contributed by atoms with Crippen molar-refractivity contribution in [1.82, 2.24) is 0 Å². The zero-order valence-electron chi connectivity index (χ0n) is 9.54. The van der Waals surface area contributed by atoms with Crippen molar-refractivity contribution in [3.63, 3.8) is 0 Å². The molecular weight excluding hydrogens is 324 g/mol. The fraction of sp³-hybridized carbons (Fsp3) is 1.00. The van der Waals surface area contributed by atoms with Crippen LogP contribution in [0.4, 0.5) is 52.7 Å². The molecule has 12 heteroatoms. The minimum Gasteiger partial charge on any atom is -0.230 e. The summed E-state index contributed by atoms with van der Waals surface area (Å²) < 4.78 is 149. The van der Waals surface area contributed by atoms with Gasteiger partial charge in [0.1, 0.15) is 0 Å². The molecule has 0 fully saturated rings. The first kappa shape index (κ1) is 19.2. The van der Waals surface area contributed by atoms with Crippen LogP contribution in [0.25, 0.3) is 0 Å². The highest BCUT2D eigenvalue weighted by Crippen LogP contribution is 2.58. The Labute approximate surface area is 103 Å². The van der Waals surface area contributed by atoms with Gasteiger partial charge in [0.25, 0.3) is 5.67 Å². The summed E-state index contributed by atoms with van der Waals surface area (Å²) in [6.07, 6.45) is -13.5. The number of hydrogen-bond donors (Lipinski definition) is 0. The second kappa shape index (κ2) is 4.33. The van der Waals surface area contributed by atoms with Gasteiger partial charge < -0.3 is 0 Å². The first-order valence-electron chi connectivity index (χ1n) is 4.52. The molecule has 122 valence electrons. The maximum atomic E-state index is 13.2. The van der Waals surface area contributed by atoms with E-state index in [0.717, 1.165) is 0 Å². The molecule has 0 N–H and O–H groups in total. The lowest BCUT2D eigenvalue weighted by molar-refractivity contribution is -0.394. The number of halogens is 12. The van der Waals surface area contributed by atoms with E-state index < -0.39 is 49.4 Å². The Bertz CT molecular complexity index is 321. The van der Waals surface area contributed by atoms with Crippen LogP contribution in [0, 0.1) is 0 Å². The SMILES string of the molecule is CC(F)(C(F)(F)F)C(F)(F)C(C)(F)C(F)(F)C(F)(F)F. The van der Waals surface area contributed by atoms with E-state index in [1.807, 2.05) is 0 Å². The Kier molecular flexibility index (Phi) is 4.14. The molecule has 0 aliphatic rings. The monoisotopic (exact) mass is 330 g/mol. The Morgan fingerprint density at radius 3 is 0.900 bits per heavy atom. The first-order valence-corrected chi connectivity index (χ1v) is 4.52. The third kappa shape index (κ3) is 2.30. The lowest BCUT2D eigenvalue weighted by Gasteiger charge is -2.42. The molecule has 0 amide bonds. The molecule has 2 atom stereocenters. The lowest BCUT2D eigenvalue weighted by atomic mass is 9.82. The first-order chi connectivity index (χ1) is 8.25. The van der Waals surface area contributed by atoms with Crippen LogP contribution < -0.4 is 0 Å². The molecule has 0 rings (SSSR count). The predicted molar refractivity (Wildman–Crippen MR) is 41.0 cm³/mol. The molecule has 0 heterocycles. The highest BCUT2D eigenvalue weighted by Gasteiger charge is 2.85. The highest BCUT2D eigenvalue weighted by atomic mass is 19.4. The summed E-state index contributed by atoms with van der Waals surface area (Å²) in [7, 11) is 0. The summed E-state index contributed by atoms with van der Waals surface area (Å²) in [6.45, 7) is -2.18. The van der Waals surface area contributed by atoms with Crippen molar-refractivity contribution in [2.24, 2.45) is 0 Å². The van der Waals surface area contributed by atoms with E-state index in [9.17, 15) is 52.7 Å². The van der Waals surface area contributed by atoms with Gasteiger partial charge in [-0.25, -0.2) is 8.78 Å². The summed E-state index contributed by atoms with van der Waals surface area (Å²) in [5, 5.41) is 0. The molecule has 0 saturated carbocycles. The van der Waals surface area contributed by atoms with E-state index in [-0.39, 0.29) is 0 Å². The van der Waals surface area contributed by atoms with Crippen molar-refractivity contribution in [2.75, 3.05) is 0 Å². The van der Waals surface area contributed by atoms with Gasteiger partial charge in [-0.3, -0.25) is 0 Å². The van der Waals surface area contributed by atoms with Crippen molar-refractivity contribution in [3.05, 3.63) is 0 Å². The molecule has 20 heavy (non-hydrogen) atoms. The Morgan fingerprint density at radius 2 is 0.700 bits per heavy atom. The van der Waals surface area contributed by atoms with Gasteiger partial charge in [0.05, 0.1) is 0 Å². The second-order valence-corrected chi connectivity index (χ2v) is 4.15. The molecule has 0 aliphatic carbocycles. The minimum absolute atomic E-state index is 1.03. The minimum atomic E-state index is -6.94. The summed E-state index contributed by atoms with van der Waals surface area (Å²) in [6, 6.07) is 0. The van der Waals surface area contributed by atoms with Crippen LogP contribution in [0.3, 0.4) is 0 Å². The molecule has 0 aromatic heterocycles. The summed E-state index contributed by atoms with van der Waals surface area (Å²) in [4.78, 5) is 0. The quantitative estimate of drug-likeness (QED) is 0.650. The van der Waals surface area contributed by atoms with Crippen LogP contribution in [0.15, 0.2) is 0 Å². The molecule has 0 bridgehead atoms. The Hall–Kier alpha value is -0.840. The molecule has 0 spiro atoms. The molecule has 0 radical (unpaired) electrons. The topological polar surface area (TPSA) is 0 Å². The van der Waals surface area contributed by atoms with Crippen molar-refractivity contribution >= 4 is 0 Å². The molecule has 0 aromatic carbocycles. The van der Waals surface area contributed by atoms with Gasteiger partial charge in [-0.05, 0) is 13.8 Å². The van der Waals surface area contributed by atoms with Gasteiger partial charge >= 0.3 is 24.2 Å². The van der Waals surface area contributed by atoms with Crippen LogP contribution in [0.5, 0.6) is 0 Å². The predicted octanol–water partition coefficient (Wildman–Crippen LogP) is 4.84. The van der Waals surface area contributed by atoms with Gasteiger partial charge in [0.2, 0.25) is 5.67 Å². The molecule has 0 aliphatic heterocycles. The fourth-order valence-electron chi connectivity index (χ4n) is 1.08. The normalized spacial score (nSPS) is 21.3. The average molecular weight is 330 g/mol. The molecule has 0 nitrogen and oxygen atoms in total. The Morgan fingerprint density at radius 1 is 0.400 bits per heavy atom. The lowest BCUT2D eigenvalue weighted by Crippen LogP contribution is -2.70. The van der Waals surface area contributed by atoms with Crippen LogP contribution in [0.2, 0.25) is 0 Å². The van der Waals surface area contributed by atoms with Crippen LogP contribution >= 0.6 is 0 Å². The van der Waals surface area contributed by atoms with E-state index in [1.54, 1.807) is 0 Å². The fourth-order valence-corrected chi connectivity index (χ4v) is 1.08. The van der Waals surface area contributed by atoms with Crippen molar-refractivity contribution in [3.8, 4) is 0 Å². The molecular formula is C8H6F12. The zero-order valence-corrected chi connectivity index (χ0v) is 9.54. The number of alkyl halides is 12. The van der Waals surface area contributed by atoms with E-state index in [1.165, 1.54) is 0 Å². The van der Waals surface area contributed by atoms with Gasteiger partial charge in [0.15, 0.2) is 0 Å². The zero-order chi connectivity index (χ0) is 17.0. The van der Waals surface area contributed by atoms with Crippen LogP contribution in [-0.4, -0.2) is 35.5 Å². The van der Waals surface area contributed by atoms with Crippen LogP contribution in [0.1, 0.15) is 13.8 Å². The van der Waals surface area contributed by atoms with Crippen LogP contribution in [-0.2, 0) is 0 Å². The summed E-state index contributed by atoms with van der Waals surface area (Å²) in [5.74, 6) is -13.6. The van der Waals surface area contributed by atoms with E-state index in [4.69, 9.17) is 0 Å². The number of rotatable bonds is 3. The third-order valence-corrected chi connectivity index (χ3v) is 2.66. The van der Waals surface area contributed by atoms with Gasteiger partial charge in [0, 0.05) is 0 Å². The summed E-state index contributed by atoms with van der Waals surface area (Å²) in [5.41, 5.74) is -12.1. The van der Waals surface area contributed by atoms with E-state index >= 15 is 0 Å². The smallest absolute Gasteiger partial charge is 0.230 e. The van der Waals surface area contributed by atoms with Gasteiger partial charge in [-0.1, -0.05) is 0 Å². The second-order valence-electron chi connectivity index (χ2n) is 4.15. The maximum absolute atomic E-state index is 13.2. The number of hydrogen-bond acceptors (Lipinski definition) is 0. The van der Waals surface area contributed by atoms with Crippen molar-refractivity contribution in [2.45, 2.75) is 49.4 Å². The largest absolute Gasteiger partial charge is 0.457 e. The summed E-state index contributed by atoms with van der Waals surface area (Å²) >= 11 is 0. The molecule has 0 saturated heterocycles. The molecule has 2 unspecified atom stereocenters. The van der Waals surface area contributed by atoms with E-state index in [2.05, 4.69) is 0 Å². The van der Waals surface area contributed by atoms with Gasteiger partial charge in [-0.2, -0.15) is 43.9 Å². The standard InChI is InChI=1S/C8H6F12/c1-3(9,6(13,14)8(18,19)20)5(11,12)4(2,10)7(15,16)17/h1-2H3. The van der Waals surface area contributed by atoms with Crippen molar-refractivity contribution < 1.29 is 52.7 Å². The molecule has 0 aromatic rings. The van der Waals surface area contributed by atoms with Gasteiger partial charge in [-0.15, -0.1) is 0 Å². The third-order valence-electron chi connectivity index (χ3n) is 2.66.